The molecule has 1 atom stereocenters. The van der Waals surface area contributed by atoms with Crippen molar-refractivity contribution < 1.29 is 9.47 Å². The molecule has 1 aromatic carbocycles. The average Bonchev–Trinajstić information content (AvgIpc) is 2.55. The van der Waals surface area contributed by atoms with E-state index in [0.29, 0.717) is 18.4 Å². The molecule has 0 unspecified atom stereocenters. The summed E-state index contributed by atoms with van der Waals surface area (Å²) in [6, 6.07) is 10.5. The third-order valence-electron chi connectivity index (χ3n) is 3.92. The third-order valence-corrected chi connectivity index (χ3v) is 3.92. The highest BCUT2D eigenvalue weighted by Crippen LogP contribution is 2.34. The topological polar surface area (TPSA) is 43.4 Å². The van der Waals surface area contributed by atoms with Crippen molar-refractivity contribution in [3.8, 4) is 17.0 Å². The van der Waals surface area contributed by atoms with Crippen molar-refractivity contribution in [2.75, 3.05) is 27.3 Å². The van der Waals surface area contributed by atoms with E-state index >= 15 is 0 Å². The number of nitrogens with one attached hydrogen (secondary N) is 1. The van der Waals surface area contributed by atoms with Crippen molar-refractivity contribution in [1.82, 2.24) is 10.3 Å². The van der Waals surface area contributed by atoms with Gasteiger partial charge in [0, 0.05) is 24.7 Å². The van der Waals surface area contributed by atoms with Crippen LogP contribution in [0.25, 0.3) is 11.1 Å². The normalized spacial score (nSPS) is 17.3. The highest BCUT2D eigenvalue weighted by atomic mass is 16.5. The average molecular weight is 284 g/mol. The van der Waals surface area contributed by atoms with Crippen molar-refractivity contribution >= 4 is 0 Å². The maximum Gasteiger partial charge on any atom is 0.213 e. The van der Waals surface area contributed by atoms with Crippen molar-refractivity contribution in [1.29, 1.82) is 0 Å². The van der Waals surface area contributed by atoms with Gasteiger partial charge in [0.15, 0.2) is 0 Å². The maximum absolute atomic E-state index is 5.79. The van der Waals surface area contributed by atoms with Crippen molar-refractivity contribution in [2.45, 2.75) is 12.5 Å². The number of hydrogen-bond acceptors (Lipinski definition) is 4. The Bertz CT molecular complexity index is 628. The van der Waals surface area contributed by atoms with Crippen LogP contribution < -0.4 is 10.1 Å². The van der Waals surface area contributed by atoms with Gasteiger partial charge in [-0.1, -0.05) is 18.2 Å². The second-order valence-corrected chi connectivity index (χ2v) is 5.23. The Balaban J connectivity index is 2.05. The number of hydrogen-bond donors (Lipinski definition) is 1. The Morgan fingerprint density at radius 3 is 3.10 bits per heavy atom. The minimum atomic E-state index is 0.405. The molecule has 1 aliphatic heterocycles. The van der Waals surface area contributed by atoms with Crippen molar-refractivity contribution in [3.05, 3.63) is 47.7 Å². The number of aromatic nitrogens is 1. The zero-order chi connectivity index (χ0) is 14.7. The molecule has 0 aliphatic carbocycles. The monoisotopic (exact) mass is 284 g/mol. The maximum atomic E-state index is 5.79. The molecule has 0 spiro atoms. The van der Waals surface area contributed by atoms with E-state index in [1.54, 1.807) is 13.3 Å². The van der Waals surface area contributed by atoms with Gasteiger partial charge < -0.3 is 14.8 Å². The van der Waals surface area contributed by atoms with Crippen molar-refractivity contribution in [2.24, 2.45) is 0 Å². The molecule has 3 rings (SSSR count). The van der Waals surface area contributed by atoms with Crippen LogP contribution in [0.3, 0.4) is 0 Å². The molecule has 0 saturated carbocycles. The fraction of sp³-hybridized carbons (Fsp3) is 0.353. The summed E-state index contributed by atoms with van der Waals surface area (Å²) in [7, 11) is 3.62. The number of benzene rings is 1. The molecule has 2 heterocycles. The summed E-state index contributed by atoms with van der Waals surface area (Å²) in [4.78, 5) is 4.18. The Morgan fingerprint density at radius 2 is 2.29 bits per heavy atom. The molecule has 1 aliphatic rings. The molecular weight excluding hydrogens is 264 g/mol. The Labute approximate surface area is 125 Å². The third kappa shape index (κ3) is 2.77. The van der Waals surface area contributed by atoms with E-state index in [-0.39, 0.29) is 0 Å². The summed E-state index contributed by atoms with van der Waals surface area (Å²) < 4.78 is 11.0. The minimum Gasteiger partial charge on any atom is -0.481 e. The molecule has 0 amide bonds. The van der Waals surface area contributed by atoms with Crippen LogP contribution in [0.1, 0.15) is 17.0 Å². The van der Waals surface area contributed by atoms with Crippen LogP contribution in [-0.2, 0) is 11.3 Å². The van der Waals surface area contributed by atoms with E-state index in [9.17, 15) is 0 Å². The molecular formula is C17H20N2O2. The van der Waals surface area contributed by atoms with Gasteiger partial charge in [-0.15, -0.1) is 0 Å². The molecule has 0 fully saturated rings. The summed E-state index contributed by atoms with van der Waals surface area (Å²) in [5, 5.41) is 3.25. The van der Waals surface area contributed by atoms with Crippen LogP contribution in [0.5, 0.6) is 5.88 Å². The van der Waals surface area contributed by atoms with Crippen LogP contribution >= 0.6 is 0 Å². The number of pyridine rings is 1. The summed E-state index contributed by atoms with van der Waals surface area (Å²) >= 11 is 0. The van der Waals surface area contributed by atoms with Gasteiger partial charge in [0.2, 0.25) is 5.88 Å². The first-order valence-corrected chi connectivity index (χ1v) is 7.18. The van der Waals surface area contributed by atoms with E-state index in [4.69, 9.17) is 9.47 Å². The SMILES string of the molecule is CNC[C@@H]1COCc2c(-c3ccnc(OC)c3)cccc21. The minimum absolute atomic E-state index is 0.405. The molecule has 21 heavy (non-hydrogen) atoms. The number of ether oxygens (including phenoxy) is 2. The van der Waals surface area contributed by atoms with Crippen LogP contribution in [0, 0.1) is 0 Å². The molecule has 1 N–H and O–H groups in total. The molecule has 4 nitrogen and oxygen atoms in total. The van der Waals surface area contributed by atoms with Crippen LogP contribution in [-0.4, -0.2) is 32.3 Å². The number of methoxy groups -OCH3 is 1. The lowest BCUT2D eigenvalue weighted by Gasteiger charge is -2.27. The van der Waals surface area contributed by atoms with Gasteiger partial charge >= 0.3 is 0 Å². The second kappa shape index (κ2) is 6.24. The van der Waals surface area contributed by atoms with E-state index in [1.165, 1.54) is 16.7 Å². The first-order chi connectivity index (χ1) is 10.3. The molecule has 110 valence electrons. The van der Waals surface area contributed by atoms with E-state index in [2.05, 4.69) is 28.5 Å². The number of nitrogens with zero attached hydrogens (tertiary/aromatic N) is 1. The lowest BCUT2D eigenvalue weighted by atomic mass is 9.88. The number of fused-ring (bicyclic) bond motifs is 1. The number of likely N-dealkylation sites (N-methyl/N-ethyl adjacent to an activating group) is 1. The fourth-order valence-corrected chi connectivity index (χ4v) is 2.92. The summed E-state index contributed by atoms with van der Waals surface area (Å²) in [6.45, 7) is 2.36. The van der Waals surface area contributed by atoms with Gasteiger partial charge in [0.25, 0.3) is 0 Å². The summed E-state index contributed by atoms with van der Waals surface area (Å²) in [6.07, 6.45) is 1.78. The lowest BCUT2D eigenvalue weighted by molar-refractivity contribution is 0.0915. The van der Waals surface area contributed by atoms with E-state index in [1.807, 2.05) is 19.2 Å². The first kappa shape index (κ1) is 14.0. The van der Waals surface area contributed by atoms with Crippen molar-refractivity contribution in [3.63, 3.8) is 0 Å². The second-order valence-electron chi connectivity index (χ2n) is 5.23. The predicted octanol–water partition coefficient (Wildman–Crippen LogP) is 2.59. The Morgan fingerprint density at radius 1 is 1.38 bits per heavy atom. The van der Waals surface area contributed by atoms with E-state index < -0.39 is 0 Å². The van der Waals surface area contributed by atoms with Gasteiger partial charge in [-0.2, -0.15) is 0 Å². The summed E-state index contributed by atoms with van der Waals surface area (Å²) in [5.74, 6) is 1.04. The van der Waals surface area contributed by atoms with Crippen LogP contribution in [0.15, 0.2) is 36.5 Å². The van der Waals surface area contributed by atoms with Gasteiger partial charge in [-0.3, -0.25) is 0 Å². The fourth-order valence-electron chi connectivity index (χ4n) is 2.92. The molecule has 1 aromatic heterocycles. The highest BCUT2D eigenvalue weighted by molar-refractivity contribution is 5.69. The first-order valence-electron chi connectivity index (χ1n) is 7.18. The summed E-state index contributed by atoms with van der Waals surface area (Å²) in [5.41, 5.74) is 4.97. The Hall–Kier alpha value is -1.91. The van der Waals surface area contributed by atoms with Crippen LogP contribution in [0.4, 0.5) is 0 Å². The number of rotatable bonds is 4. The zero-order valence-corrected chi connectivity index (χ0v) is 12.4. The van der Waals surface area contributed by atoms with Gasteiger partial charge in [-0.25, -0.2) is 4.98 Å². The van der Waals surface area contributed by atoms with Gasteiger partial charge in [-0.05, 0) is 35.4 Å². The highest BCUT2D eigenvalue weighted by Gasteiger charge is 2.22. The molecule has 2 aromatic rings. The smallest absolute Gasteiger partial charge is 0.213 e. The van der Waals surface area contributed by atoms with E-state index in [0.717, 1.165) is 18.7 Å². The quantitative estimate of drug-likeness (QED) is 0.937. The lowest BCUT2D eigenvalue weighted by Crippen LogP contribution is -2.26. The molecule has 0 radical (unpaired) electrons. The van der Waals surface area contributed by atoms with Crippen LogP contribution in [0.2, 0.25) is 0 Å². The zero-order valence-electron chi connectivity index (χ0n) is 12.4. The molecule has 0 saturated heterocycles. The van der Waals surface area contributed by atoms with Gasteiger partial charge in [0.1, 0.15) is 0 Å². The predicted molar refractivity (Wildman–Crippen MR) is 82.5 cm³/mol. The standard InChI is InChI=1S/C17H20N2O2/c1-18-9-13-10-21-11-16-14(4-3-5-15(13)16)12-6-7-19-17(8-12)20-2/h3-8,13,18H,9-11H2,1-2H3/t13-/m1/s1. The molecule has 0 bridgehead atoms. The molecule has 4 heteroatoms. The Kier molecular flexibility index (Phi) is 4.18. The van der Waals surface area contributed by atoms with Gasteiger partial charge in [0.05, 0.1) is 20.3 Å². The largest absolute Gasteiger partial charge is 0.481 e.